The van der Waals surface area contributed by atoms with Crippen molar-refractivity contribution in [2.45, 2.75) is 44.7 Å². The maximum absolute atomic E-state index is 11.8. The van der Waals surface area contributed by atoms with E-state index in [0.29, 0.717) is 24.5 Å². The smallest absolute Gasteiger partial charge is 0.234 e. The van der Waals surface area contributed by atoms with Crippen LogP contribution in [0, 0.1) is 12.8 Å². The minimum Gasteiger partial charge on any atom is -0.352 e. The molecule has 0 radical (unpaired) electrons. The molecule has 0 aromatic heterocycles. The summed E-state index contributed by atoms with van der Waals surface area (Å²) < 4.78 is 0. The van der Waals surface area contributed by atoms with E-state index in [1.54, 1.807) is 0 Å². The molecule has 0 spiro atoms. The van der Waals surface area contributed by atoms with Crippen molar-refractivity contribution in [3.05, 3.63) is 35.4 Å². The molecule has 2 fully saturated rings. The van der Waals surface area contributed by atoms with Crippen LogP contribution in [0.4, 0.5) is 0 Å². The van der Waals surface area contributed by atoms with E-state index in [0.717, 1.165) is 12.8 Å². The lowest BCUT2D eigenvalue weighted by molar-refractivity contribution is -0.120. The summed E-state index contributed by atoms with van der Waals surface area (Å²) in [7, 11) is 0. The molecule has 1 unspecified atom stereocenters. The first-order chi connectivity index (χ1) is 9.22. The van der Waals surface area contributed by atoms with Gasteiger partial charge >= 0.3 is 0 Å². The lowest BCUT2D eigenvalue weighted by Gasteiger charge is -2.19. The molecule has 1 atom stereocenters. The summed E-state index contributed by atoms with van der Waals surface area (Å²) in [5, 5.41) is 6.47. The fourth-order valence-electron chi connectivity index (χ4n) is 2.47. The van der Waals surface area contributed by atoms with Gasteiger partial charge in [0.15, 0.2) is 0 Å². The van der Waals surface area contributed by atoms with Gasteiger partial charge < -0.3 is 10.6 Å². The van der Waals surface area contributed by atoms with Gasteiger partial charge in [-0.2, -0.15) is 0 Å². The van der Waals surface area contributed by atoms with Crippen LogP contribution >= 0.6 is 0 Å². The highest BCUT2D eigenvalue weighted by molar-refractivity contribution is 5.78. The maximum atomic E-state index is 11.8. The number of rotatable bonds is 6. The van der Waals surface area contributed by atoms with Crippen LogP contribution in [0.3, 0.4) is 0 Å². The minimum atomic E-state index is 0.139. The highest BCUT2D eigenvalue weighted by Gasteiger charge is 2.32. The molecule has 102 valence electrons. The number of aryl methyl sites for hydroxylation is 1. The van der Waals surface area contributed by atoms with Gasteiger partial charge in [-0.15, -0.1) is 0 Å². The molecule has 0 saturated heterocycles. The van der Waals surface area contributed by atoms with Gasteiger partial charge in [0.1, 0.15) is 0 Å². The van der Waals surface area contributed by atoms with Crippen molar-refractivity contribution >= 4 is 5.91 Å². The van der Waals surface area contributed by atoms with Crippen LogP contribution in [-0.2, 0) is 4.79 Å². The van der Waals surface area contributed by atoms with Crippen molar-refractivity contribution in [3.8, 4) is 0 Å². The molecular weight excluding hydrogens is 236 g/mol. The van der Waals surface area contributed by atoms with Crippen molar-refractivity contribution in [2.75, 3.05) is 6.54 Å². The number of benzene rings is 1. The first-order valence-electron chi connectivity index (χ1n) is 7.31. The zero-order valence-corrected chi connectivity index (χ0v) is 11.5. The highest BCUT2D eigenvalue weighted by atomic mass is 16.2. The zero-order valence-electron chi connectivity index (χ0n) is 11.5. The van der Waals surface area contributed by atoms with Gasteiger partial charge in [-0.3, -0.25) is 4.79 Å². The predicted molar refractivity (Wildman–Crippen MR) is 75.8 cm³/mol. The van der Waals surface area contributed by atoms with Crippen molar-refractivity contribution in [3.63, 3.8) is 0 Å². The largest absolute Gasteiger partial charge is 0.352 e. The zero-order chi connectivity index (χ0) is 13.2. The van der Waals surface area contributed by atoms with E-state index in [4.69, 9.17) is 0 Å². The standard InChI is InChI=1S/C16H22N2O/c1-11-2-4-12(5-3-11)16(13-6-7-13)17-10-15(19)18-14-8-9-14/h2-5,13-14,16-17H,6-10H2,1H3,(H,18,19). The second-order valence-corrected chi connectivity index (χ2v) is 5.95. The molecule has 2 aliphatic carbocycles. The molecule has 1 aromatic carbocycles. The van der Waals surface area contributed by atoms with Gasteiger partial charge in [0.25, 0.3) is 0 Å². The van der Waals surface area contributed by atoms with E-state index < -0.39 is 0 Å². The first-order valence-corrected chi connectivity index (χ1v) is 7.31. The topological polar surface area (TPSA) is 41.1 Å². The summed E-state index contributed by atoms with van der Waals surface area (Å²) in [5.74, 6) is 0.844. The number of hydrogen-bond donors (Lipinski definition) is 2. The van der Waals surface area contributed by atoms with Crippen LogP contribution in [0.2, 0.25) is 0 Å². The van der Waals surface area contributed by atoms with Crippen molar-refractivity contribution in [1.29, 1.82) is 0 Å². The Morgan fingerprint density at radius 1 is 1.21 bits per heavy atom. The number of hydrogen-bond acceptors (Lipinski definition) is 2. The van der Waals surface area contributed by atoms with Crippen molar-refractivity contribution in [2.24, 2.45) is 5.92 Å². The Hall–Kier alpha value is -1.35. The highest BCUT2D eigenvalue weighted by Crippen LogP contribution is 2.40. The molecule has 0 heterocycles. The van der Waals surface area contributed by atoms with Crippen LogP contribution < -0.4 is 10.6 Å². The molecule has 1 aromatic rings. The normalized spacial score (nSPS) is 20.1. The van der Waals surface area contributed by atoms with Crippen molar-refractivity contribution in [1.82, 2.24) is 10.6 Å². The van der Waals surface area contributed by atoms with Gasteiger partial charge in [-0.1, -0.05) is 29.8 Å². The van der Waals surface area contributed by atoms with Crippen LogP contribution in [0.1, 0.15) is 42.9 Å². The lowest BCUT2D eigenvalue weighted by Crippen LogP contribution is -2.37. The Balaban J connectivity index is 1.57. The number of carbonyl (C=O) groups excluding carboxylic acids is 1. The van der Waals surface area contributed by atoms with Gasteiger partial charge in [0, 0.05) is 12.1 Å². The van der Waals surface area contributed by atoms with E-state index in [-0.39, 0.29) is 5.91 Å². The fraction of sp³-hybridized carbons (Fsp3) is 0.562. The number of carbonyl (C=O) groups is 1. The third kappa shape index (κ3) is 3.57. The van der Waals surface area contributed by atoms with Crippen LogP contribution in [0.5, 0.6) is 0 Å². The predicted octanol–water partition coefficient (Wildman–Crippen LogP) is 2.31. The molecule has 19 heavy (non-hydrogen) atoms. The van der Waals surface area contributed by atoms with Gasteiger partial charge in [-0.05, 0) is 44.1 Å². The van der Waals surface area contributed by atoms with E-state index in [9.17, 15) is 4.79 Å². The summed E-state index contributed by atoms with van der Waals surface area (Å²) in [6.07, 6.45) is 4.84. The summed E-state index contributed by atoms with van der Waals surface area (Å²) in [4.78, 5) is 11.8. The molecule has 0 aliphatic heterocycles. The lowest BCUT2D eigenvalue weighted by atomic mass is 10.0. The Morgan fingerprint density at radius 3 is 2.47 bits per heavy atom. The second-order valence-electron chi connectivity index (χ2n) is 5.95. The third-order valence-corrected chi connectivity index (χ3v) is 3.95. The van der Waals surface area contributed by atoms with Crippen molar-refractivity contribution < 1.29 is 4.79 Å². The Bertz CT molecular complexity index is 446. The van der Waals surface area contributed by atoms with E-state index in [1.807, 2.05) is 0 Å². The summed E-state index contributed by atoms with van der Waals surface area (Å²) in [6.45, 7) is 2.54. The van der Waals surface area contributed by atoms with Gasteiger partial charge in [0.05, 0.1) is 6.54 Å². The average molecular weight is 258 g/mol. The summed E-state index contributed by atoms with van der Waals surface area (Å²) >= 11 is 0. The van der Waals surface area contributed by atoms with E-state index in [2.05, 4.69) is 41.8 Å². The second kappa shape index (κ2) is 5.33. The van der Waals surface area contributed by atoms with E-state index >= 15 is 0 Å². The quantitative estimate of drug-likeness (QED) is 0.822. The molecule has 2 aliphatic rings. The summed E-state index contributed by atoms with van der Waals surface area (Å²) in [5.41, 5.74) is 2.59. The Kier molecular flexibility index (Phi) is 3.56. The first kappa shape index (κ1) is 12.7. The molecule has 1 amide bonds. The maximum Gasteiger partial charge on any atom is 0.234 e. The summed E-state index contributed by atoms with van der Waals surface area (Å²) in [6, 6.07) is 9.46. The Morgan fingerprint density at radius 2 is 1.89 bits per heavy atom. The molecule has 2 N–H and O–H groups in total. The molecular formula is C16H22N2O. The molecule has 3 nitrogen and oxygen atoms in total. The SMILES string of the molecule is Cc1ccc(C(NCC(=O)NC2CC2)C2CC2)cc1. The molecule has 2 saturated carbocycles. The monoisotopic (exact) mass is 258 g/mol. The molecule has 0 bridgehead atoms. The van der Waals surface area contributed by atoms with E-state index in [1.165, 1.54) is 24.0 Å². The van der Waals surface area contributed by atoms with Crippen LogP contribution in [-0.4, -0.2) is 18.5 Å². The minimum absolute atomic E-state index is 0.139. The number of amides is 1. The average Bonchev–Trinajstić information content (AvgIpc) is 3.24. The van der Waals surface area contributed by atoms with Gasteiger partial charge in [-0.25, -0.2) is 0 Å². The van der Waals surface area contributed by atoms with Gasteiger partial charge in [0.2, 0.25) is 5.91 Å². The number of nitrogens with one attached hydrogen (secondary N) is 2. The Labute approximate surface area is 114 Å². The van der Waals surface area contributed by atoms with Crippen LogP contribution in [0.25, 0.3) is 0 Å². The molecule has 3 rings (SSSR count). The third-order valence-electron chi connectivity index (χ3n) is 3.95. The fourth-order valence-corrected chi connectivity index (χ4v) is 2.47. The molecule has 3 heteroatoms. The van der Waals surface area contributed by atoms with Crippen LogP contribution in [0.15, 0.2) is 24.3 Å².